The molecule has 9 nitrogen and oxygen atoms in total. The molecule has 1 saturated heterocycles. The van der Waals surface area contributed by atoms with E-state index in [1.54, 1.807) is 4.90 Å². The summed E-state index contributed by atoms with van der Waals surface area (Å²) in [5, 5.41) is 20.7. The molecule has 0 aromatic heterocycles. The van der Waals surface area contributed by atoms with E-state index in [1.165, 1.54) is 42.1 Å². The van der Waals surface area contributed by atoms with Gasteiger partial charge in [0.1, 0.15) is 22.4 Å². The molecule has 0 atom stereocenters. The zero-order chi connectivity index (χ0) is 28.4. The number of benzene rings is 3. The zero-order valence-corrected chi connectivity index (χ0v) is 22.8. The highest BCUT2D eigenvalue weighted by atomic mass is 32.2. The maximum Gasteiger partial charge on any atom is 0.316 e. The smallest absolute Gasteiger partial charge is 0.316 e. The molecule has 11 heteroatoms. The lowest BCUT2D eigenvalue weighted by Gasteiger charge is -2.36. The Hall–Kier alpha value is -4.22. The summed E-state index contributed by atoms with van der Waals surface area (Å²) in [6.45, 7) is 1.74. The van der Waals surface area contributed by atoms with Gasteiger partial charge in [0.15, 0.2) is 5.78 Å². The number of carbonyl (C=O) groups is 4. The average Bonchev–Trinajstić information content (AvgIpc) is 2.97. The van der Waals surface area contributed by atoms with Crippen LogP contribution in [0, 0.1) is 0 Å². The van der Waals surface area contributed by atoms with E-state index in [2.05, 4.69) is 0 Å². The van der Waals surface area contributed by atoms with E-state index in [9.17, 15) is 29.4 Å². The van der Waals surface area contributed by atoms with Crippen molar-refractivity contribution in [3.63, 3.8) is 0 Å². The molecule has 1 aliphatic heterocycles. The molecule has 1 fully saturated rings. The number of aromatic hydroxyl groups is 2. The van der Waals surface area contributed by atoms with Crippen molar-refractivity contribution >= 4 is 51.7 Å². The molecule has 0 bridgehead atoms. The lowest BCUT2D eigenvalue weighted by atomic mass is 9.82. The molecule has 3 aromatic rings. The van der Waals surface area contributed by atoms with Gasteiger partial charge in [0.2, 0.25) is 5.78 Å². The van der Waals surface area contributed by atoms with E-state index < -0.39 is 23.2 Å². The van der Waals surface area contributed by atoms with Gasteiger partial charge < -0.3 is 24.7 Å². The maximum atomic E-state index is 13.3. The average molecular weight is 577 g/mol. The van der Waals surface area contributed by atoms with Crippen LogP contribution in [0.1, 0.15) is 47.8 Å². The Bertz CT molecular complexity index is 1530. The van der Waals surface area contributed by atoms with Crippen LogP contribution in [0.25, 0.3) is 0 Å². The van der Waals surface area contributed by atoms with Gasteiger partial charge in [0.05, 0.1) is 16.9 Å². The van der Waals surface area contributed by atoms with E-state index in [0.717, 1.165) is 5.56 Å². The molecule has 3 aromatic carbocycles. The van der Waals surface area contributed by atoms with Crippen LogP contribution in [0.2, 0.25) is 0 Å². The molecule has 0 radical (unpaired) electrons. The van der Waals surface area contributed by atoms with E-state index in [4.69, 9.17) is 17.0 Å². The first-order valence-electron chi connectivity index (χ1n) is 12.4. The third kappa shape index (κ3) is 5.43. The molecular weight excluding hydrogens is 552 g/mol. The van der Waals surface area contributed by atoms with Crippen LogP contribution in [-0.2, 0) is 16.1 Å². The SMILES string of the molecule is O=C(CSC(=S)N1CCN(C(=O)c2cc(O)c3c(c2)C(=O)c2cccc(O)c2C3=O)CC1)OCc1ccccc1. The minimum atomic E-state index is -0.678. The summed E-state index contributed by atoms with van der Waals surface area (Å²) in [6.07, 6.45) is 0. The normalized spacial score (nSPS) is 14.4. The number of hydrogen-bond donors (Lipinski definition) is 2. The number of phenolic OH excluding ortho intramolecular Hbond substituents is 2. The van der Waals surface area contributed by atoms with Crippen molar-refractivity contribution < 1.29 is 34.1 Å². The fourth-order valence-corrected chi connectivity index (χ4v) is 5.72. The molecule has 204 valence electrons. The second-order valence-corrected chi connectivity index (χ2v) is 10.9. The van der Waals surface area contributed by atoms with Crippen molar-refractivity contribution in [3.05, 3.63) is 94.0 Å². The number of piperazine rings is 1. The van der Waals surface area contributed by atoms with Gasteiger partial charge in [-0.3, -0.25) is 19.2 Å². The van der Waals surface area contributed by atoms with E-state index in [1.807, 2.05) is 35.2 Å². The van der Waals surface area contributed by atoms with Crippen LogP contribution >= 0.6 is 24.0 Å². The first kappa shape index (κ1) is 27.4. The summed E-state index contributed by atoms with van der Waals surface area (Å²) in [4.78, 5) is 54.9. The number of thioether (sulfide) groups is 1. The van der Waals surface area contributed by atoms with Gasteiger partial charge in [-0.1, -0.05) is 66.4 Å². The van der Waals surface area contributed by atoms with Gasteiger partial charge in [-0.15, -0.1) is 0 Å². The van der Waals surface area contributed by atoms with Gasteiger partial charge in [-0.05, 0) is 23.8 Å². The minimum absolute atomic E-state index is 0.0186. The molecule has 0 unspecified atom stereocenters. The van der Waals surface area contributed by atoms with Crippen molar-refractivity contribution in [1.82, 2.24) is 9.80 Å². The van der Waals surface area contributed by atoms with E-state index >= 15 is 0 Å². The summed E-state index contributed by atoms with van der Waals surface area (Å²) >= 11 is 6.68. The summed E-state index contributed by atoms with van der Waals surface area (Å²) in [6, 6.07) is 16.0. The molecule has 2 N–H and O–H groups in total. The van der Waals surface area contributed by atoms with Crippen molar-refractivity contribution in [2.45, 2.75) is 6.61 Å². The molecule has 1 aliphatic carbocycles. The van der Waals surface area contributed by atoms with Crippen molar-refractivity contribution in [2.24, 2.45) is 0 Å². The summed E-state index contributed by atoms with van der Waals surface area (Å²) in [7, 11) is 0. The Morgan fingerprint density at radius 1 is 0.825 bits per heavy atom. The summed E-state index contributed by atoms with van der Waals surface area (Å²) in [5.74, 6) is -2.77. The molecule has 0 saturated carbocycles. The largest absolute Gasteiger partial charge is 0.507 e. The van der Waals surface area contributed by atoms with Crippen molar-refractivity contribution in [1.29, 1.82) is 0 Å². The second kappa shape index (κ2) is 11.5. The molecule has 1 heterocycles. The molecule has 2 aliphatic rings. The van der Waals surface area contributed by atoms with E-state index in [0.29, 0.717) is 30.5 Å². The molecule has 40 heavy (non-hydrogen) atoms. The first-order chi connectivity index (χ1) is 19.2. The lowest BCUT2D eigenvalue weighted by molar-refractivity contribution is -0.141. The van der Waals surface area contributed by atoms with Gasteiger partial charge in [0, 0.05) is 42.9 Å². The Kier molecular flexibility index (Phi) is 7.85. The number of phenols is 2. The number of carbonyl (C=O) groups excluding carboxylic acids is 4. The number of fused-ring (bicyclic) bond motifs is 2. The quantitative estimate of drug-likeness (QED) is 0.270. The number of hydrogen-bond acceptors (Lipinski definition) is 9. The number of thiocarbonyl (C=S) groups is 1. The Morgan fingerprint density at radius 3 is 2.23 bits per heavy atom. The van der Waals surface area contributed by atoms with Gasteiger partial charge in [-0.25, -0.2) is 0 Å². The molecule has 5 rings (SSSR count). The zero-order valence-electron chi connectivity index (χ0n) is 21.2. The monoisotopic (exact) mass is 576 g/mol. The van der Waals surface area contributed by atoms with Crippen LogP contribution in [0.4, 0.5) is 0 Å². The highest BCUT2D eigenvalue weighted by Gasteiger charge is 2.35. The molecular formula is C29H24N2O7S2. The number of ketones is 2. The predicted octanol–water partition coefficient (Wildman–Crippen LogP) is 3.39. The maximum absolute atomic E-state index is 13.3. The number of ether oxygens (including phenoxy) is 1. The summed E-state index contributed by atoms with van der Waals surface area (Å²) in [5.41, 5.74) is 0.518. The molecule has 0 spiro atoms. The predicted molar refractivity (Wildman–Crippen MR) is 152 cm³/mol. The highest BCUT2D eigenvalue weighted by molar-refractivity contribution is 8.23. The second-order valence-electron chi connectivity index (χ2n) is 9.26. The number of amides is 1. The van der Waals surface area contributed by atoms with Crippen LogP contribution in [0.15, 0.2) is 60.7 Å². The van der Waals surface area contributed by atoms with E-state index in [-0.39, 0.29) is 51.9 Å². The summed E-state index contributed by atoms with van der Waals surface area (Å²) < 4.78 is 5.81. The van der Waals surface area contributed by atoms with Crippen molar-refractivity contribution in [2.75, 3.05) is 31.9 Å². The van der Waals surface area contributed by atoms with Crippen molar-refractivity contribution in [3.8, 4) is 11.5 Å². The first-order valence-corrected chi connectivity index (χ1v) is 13.8. The van der Waals surface area contributed by atoms with Crippen LogP contribution < -0.4 is 0 Å². The van der Waals surface area contributed by atoms with Crippen LogP contribution in [0.3, 0.4) is 0 Å². The third-order valence-electron chi connectivity index (χ3n) is 6.73. The minimum Gasteiger partial charge on any atom is -0.507 e. The van der Waals surface area contributed by atoms with Crippen LogP contribution in [-0.4, -0.2) is 79.7 Å². The van der Waals surface area contributed by atoms with Gasteiger partial charge >= 0.3 is 5.97 Å². The Labute approximate surface area is 239 Å². The molecule has 1 amide bonds. The Morgan fingerprint density at radius 2 is 1.50 bits per heavy atom. The fraction of sp³-hybridized carbons (Fsp3) is 0.207. The Balaban J connectivity index is 1.18. The van der Waals surface area contributed by atoms with Gasteiger partial charge in [0.25, 0.3) is 5.91 Å². The number of esters is 1. The fourth-order valence-electron chi connectivity index (χ4n) is 4.67. The van der Waals surface area contributed by atoms with Gasteiger partial charge in [-0.2, -0.15) is 0 Å². The third-order valence-corrected chi connectivity index (χ3v) is 8.23. The number of nitrogens with zero attached hydrogens (tertiary/aromatic N) is 2. The standard InChI is InChI=1S/C29H24N2O7S2/c32-21-8-4-7-19-24(21)27(36)25-20(26(19)35)13-18(14-22(25)33)28(37)30-9-11-31(12-10-30)29(39)40-16-23(34)38-15-17-5-2-1-3-6-17/h1-8,13-14,32-33H,9-12,15-16H2. The lowest BCUT2D eigenvalue weighted by Crippen LogP contribution is -2.49. The number of rotatable bonds is 5. The highest BCUT2D eigenvalue weighted by Crippen LogP contribution is 2.37. The topological polar surface area (TPSA) is 124 Å². The van der Waals surface area contributed by atoms with Crippen LogP contribution in [0.5, 0.6) is 11.5 Å².